The average molecular weight is 313 g/mol. The van der Waals surface area contributed by atoms with Crippen LogP contribution in [-0.4, -0.2) is 30.9 Å². The molecule has 0 spiro atoms. The van der Waals surface area contributed by atoms with E-state index in [1.165, 1.54) is 0 Å². The number of nitrogens with zero attached hydrogens (tertiary/aromatic N) is 1. The van der Waals surface area contributed by atoms with Gasteiger partial charge in [0.25, 0.3) is 0 Å². The normalized spacial score (nSPS) is 10.7. The average Bonchev–Trinajstić information content (AvgIpc) is 2.31. The zero-order valence-corrected chi connectivity index (χ0v) is 12.9. The lowest BCUT2D eigenvalue weighted by atomic mass is 10.2. The summed E-state index contributed by atoms with van der Waals surface area (Å²) >= 11 is 3.44. The highest BCUT2D eigenvalue weighted by Crippen LogP contribution is 2.19. The molecule has 0 aromatic heterocycles. The van der Waals surface area contributed by atoms with Gasteiger partial charge in [-0.3, -0.25) is 9.69 Å². The maximum Gasteiger partial charge on any atom is 0.238 e. The Bertz CT molecular complexity index is 407. The van der Waals surface area contributed by atoms with Crippen LogP contribution in [-0.2, 0) is 4.79 Å². The van der Waals surface area contributed by atoms with Gasteiger partial charge in [0.2, 0.25) is 5.91 Å². The standard InChI is InChI=1S/C14H21BrN2O/c1-4-5-8-17(3)10-14(18)16-12-6-7-13(15)11(2)9-12/h6-7,9H,4-5,8,10H2,1-3H3,(H,16,18). The second kappa shape index (κ2) is 7.54. The van der Waals surface area contributed by atoms with Gasteiger partial charge in [0.05, 0.1) is 6.54 Å². The summed E-state index contributed by atoms with van der Waals surface area (Å²) in [6.07, 6.45) is 2.28. The van der Waals surface area contributed by atoms with E-state index in [4.69, 9.17) is 0 Å². The number of unbranched alkanes of at least 4 members (excludes halogenated alkanes) is 1. The summed E-state index contributed by atoms with van der Waals surface area (Å²) in [6, 6.07) is 5.82. The summed E-state index contributed by atoms with van der Waals surface area (Å²) in [4.78, 5) is 13.9. The first kappa shape index (κ1) is 15.2. The summed E-state index contributed by atoms with van der Waals surface area (Å²) in [6.45, 7) is 5.56. The summed E-state index contributed by atoms with van der Waals surface area (Å²) in [7, 11) is 1.97. The van der Waals surface area contributed by atoms with Gasteiger partial charge >= 0.3 is 0 Å². The van der Waals surface area contributed by atoms with Gasteiger partial charge in [-0.05, 0) is 50.7 Å². The molecule has 1 aromatic carbocycles. The van der Waals surface area contributed by atoms with Gasteiger partial charge in [-0.25, -0.2) is 0 Å². The van der Waals surface area contributed by atoms with E-state index < -0.39 is 0 Å². The third-order valence-corrected chi connectivity index (χ3v) is 3.64. The summed E-state index contributed by atoms with van der Waals surface area (Å²) in [5, 5.41) is 2.92. The lowest BCUT2D eigenvalue weighted by molar-refractivity contribution is -0.117. The third-order valence-electron chi connectivity index (χ3n) is 2.75. The predicted octanol–water partition coefficient (Wildman–Crippen LogP) is 3.43. The molecule has 100 valence electrons. The molecule has 0 fully saturated rings. The lowest BCUT2D eigenvalue weighted by Crippen LogP contribution is -2.30. The minimum Gasteiger partial charge on any atom is -0.325 e. The zero-order valence-electron chi connectivity index (χ0n) is 11.3. The van der Waals surface area contributed by atoms with Crippen molar-refractivity contribution >= 4 is 27.5 Å². The highest BCUT2D eigenvalue weighted by molar-refractivity contribution is 9.10. The van der Waals surface area contributed by atoms with Crippen molar-refractivity contribution in [3.63, 3.8) is 0 Å². The van der Waals surface area contributed by atoms with E-state index >= 15 is 0 Å². The van der Waals surface area contributed by atoms with Gasteiger partial charge in [0.15, 0.2) is 0 Å². The highest BCUT2D eigenvalue weighted by atomic mass is 79.9. The van der Waals surface area contributed by atoms with Crippen molar-refractivity contribution in [2.24, 2.45) is 0 Å². The number of carbonyl (C=O) groups excluding carboxylic acids is 1. The van der Waals surface area contributed by atoms with Crippen LogP contribution in [0, 0.1) is 6.92 Å². The molecule has 0 aliphatic heterocycles. The summed E-state index contributed by atoms with van der Waals surface area (Å²) < 4.78 is 1.06. The van der Waals surface area contributed by atoms with Crippen molar-refractivity contribution in [3.8, 4) is 0 Å². The van der Waals surface area contributed by atoms with E-state index in [0.717, 1.165) is 35.1 Å². The minimum absolute atomic E-state index is 0.0373. The maximum atomic E-state index is 11.8. The Hall–Kier alpha value is -0.870. The number of amides is 1. The van der Waals surface area contributed by atoms with Crippen molar-refractivity contribution in [3.05, 3.63) is 28.2 Å². The van der Waals surface area contributed by atoms with E-state index in [0.29, 0.717) is 6.54 Å². The number of hydrogen-bond donors (Lipinski definition) is 1. The largest absolute Gasteiger partial charge is 0.325 e. The van der Waals surface area contributed by atoms with Crippen LogP contribution in [0.5, 0.6) is 0 Å². The fraction of sp³-hybridized carbons (Fsp3) is 0.500. The smallest absolute Gasteiger partial charge is 0.238 e. The van der Waals surface area contributed by atoms with Gasteiger partial charge in [-0.15, -0.1) is 0 Å². The molecule has 0 saturated heterocycles. The topological polar surface area (TPSA) is 32.3 Å². The molecule has 0 atom stereocenters. The second-order valence-electron chi connectivity index (χ2n) is 4.60. The van der Waals surface area contributed by atoms with E-state index in [9.17, 15) is 4.79 Å². The number of benzene rings is 1. The first-order valence-corrected chi connectivity index (χ1v) is 7.06. The Labute approximate surface area is 118 Å². The van der Waals surface area contributed by atoms with E-state index in [1.807, 2.05) is 37.1 Å². The zero-order chi connectivity index (χ0) is 13.5. The number of hydrogen-bond acceptors (Lipinski definition) is 2. The number of carbonyl (C=O) groups is 1. The Kier molecular flexibility index (Phi) is 6.36. The van der Waals surface area contributed by atoms with Crippen molar-refractivity contribution in [1.29, 1.82) is 0 Å². The SMILES string of the molecule is CCCCN(C)CC(=O)Nc1ccc(Br)c(C)c1. The quantitative estimate of drug-likeness (QED) is 0.873. The first-order valence-electron chi connectivity index (χ1n) is 6.27. The van der Waals surface area contributed by atoms with Crippen LogP contribution in [0.1, 0.15) is 25.3 Å². The van der Waals surface area contributed by atoms with E-state index in [2.05, 4.69) is 28.2 Å². The van der Waals surface area contributed by atoms with Crippen molar-refractivity contribution < 1.29 is 4.79 Å². The van der Waals surface area contributed by atoms with Crippen LogP contribution in [0.3, 0.4) is 0 Å². The van der Waals surface area contributed by atoms with Crippen LogP contribution < -0.4 is 5.32 Å². The van der Waals surface area contributed by atoms with Gasteiger partial charge < -0.3 is 5.32 Å². The van der Waals surface area contributed by atoms with Crippen molar-refractivity contribution in [1.82, 2.24) is 4.90 Å². The Morgan fingerprint density at radius 3 is 2.78 bits per heavy atom. The molecule has 0 radical (unpaired) electrons. The fourth-order valence-electron chi connectivity index (χ4n) is 1.68. The third kappa shape index (κ3) is 5.19. The molecule has 18 heavy (non-hydrogen) atoms. The molecule has 1 aromatic rings. The number of aryl methyl sites for hydroxylation is 1. The number of rotatable bonds is 6. The molecule has 0 unspecified atom stereocenters. The number of halogens is 1. The van der Waals surface area contributed by atoms with E-state index in [1.54, 1.807) is 0 Å². The number of likely N-dealkylation sites (N-methyl/N-ethyl adjacent to an activating group) is 1. The molecule has 4 heteroatoms. The van der Waals surface area contributed by atoms with Crippen LogP contribution >= 0.6 is 15.9 Å². The molecular formula is C14H21BrN2O. The predicted molar refractivity (Wildman–Crippen MR) is 79.9 cm³/mol. The fourth-order valence-corrected chi connectivity index (χ4v) is 1.92. The maximum absolute atomic E-state index is 11.8. The summed E-state index contributed by atoms with van der Waals surface area (Å²) in [5.41, 5.74) is 1.97. The van der Waals surface area contributed by atoms with E-state index in [-0.39, 0.29) is 5.91 Å². The molecular weight excluding hydrogens is 292 g/mol. The first-order chi connectivity index (χ1) is 8.52. The molecule has 0 aliphatic carbocycles. The monoisotopic (exact) mass is 312 g/mol. The van der Waals surface area contributed by atoms with Gasteiger partial charge in [0, 0.05) is 10.2 Å². The molecule has 1 rings (SSSR count). The van der Waals surface area contributed by atoms with Gasteiger partial charge in [0.1, 0.15) is 0 Å². The molecule has 0 aliphatic rings. The molecule has 1 amide bonds. The van der Waals surface area contributed by atoms with Crippen molar-refractivity contribution in [2.45, 2.75) is 26.7 Å². The highest BCUT2D eigenvalue weighted by Gasteiger charge is 2.07. The van der Waals surface area contributed by atoms with Crippen LogP contribution in [0.2, 0.25) is 0 Å². The van der Waals surface area contributed by atoms with Crippen LogP contribution in [0.25, 0.3) is 0 Å². The Balaban J connectivity index is 2.46. The van der Waals surface area contributed by atoms with Gasteiger partial charge in [-0.1, -0.05) is 29.3 Å². The number of anilines is 1. The second-order valence-corrected chi connectivity index (χ2v) is 5.46. The summed E-state index contributed by atoms with van der Waals surface area (Å²) in [5.74, 6) is 0.0373. The van der Waals surface area contributed by atoms with Gasteiger partial charge in [-0.2, -0.15) is 0 Å². The van der Waals surface area contributed by atoms with Crippen LogP contribution in [0.15, 0.2) is 22.7 Å². The molecule has 0 heterocycles. The lowest BCUT2D eigenvalue weighted by Gasteiger charge is -2.15. The Morgan fingerprint density at radius 1 is 1.44 bits per heavy atom. The minimum atomic E-state index is 0.0373. The van der Waals surface area contributed by atoms with Crippen LogP contribution in [0.4, 0.5) is 5.69 Å². The number of nitrogens with one attached hydrogen (secondary N) is 1. The molecule has 1 N–H and O–H groups in total. The molecule has 0 bridgehead atoms. The Morgan fingerprint density at radius 2 is 2.17 bits per heavy atom. The molecule has 3 nitrogen and oxygen atoms in total. The van der Waals surface area contributed by atoms with Crippen molar-refractivity contribution in [2.75, 3.05) is 25.5 Å². The molecule has 0 saturated carbocycles.